The van der Waals surface area contributed by atoms with Gasteiger partial charge in [-0.05, 0) is 54.8 Å². The van der Waals surface area contributed by atoms with Gasteiger partial charge in [-0.3, -0.25) is 9.78 Å². The molecule has 20 heavy (non-hydrogen) atoms. The normalized spacial score (nSPS) is 15.3. The number of ether oxygens (including phenoxy) is 1. The van der Waals surface area contributed by atoms with Gasteiger partial charge in [0.25, 0.3) is 0 Å². The Bertz CT molecular complexity index is 736. The highest BCUT2D eigenvalue weighted by atomic mass is 35.5. The van der Waals surface area contributed by atoms with E-state index in [1.165, 1.54) is 0 Å². The number of hydrogen-bond acceptors (Lipinski definition) is 3. The Hall–Kier alpha value is -2.13. The fourth-order valence-electron chi connectivity index (χ4n) is 2.28. The van der Waals surface area contributed by atoms with Gasteiger partial charge in [0.05, 0.1) is 5.56 Å². The van der Waals surface area contributed by atoms with Crippen molar-refractivity contribution in [3.05, 3.63) is 63.6 Å². The first-order chi connectivity index (χ1) is 9.58. The highest BCUT2D eigenvalue weighted by Crippen LogP contribution is 2.38. The van der Waals surface area contributed by atoms with Gasteiger partial charge in [0.2, 0.25) is 5.78 Å². The van der Waals surface area contributed by atoms with Gasteiger partial charge in [-0.2, -0.15) is 0 Å². The minimum atomic E-state index is -0.129. The third kappa shape index (κ3) is 2.00. The van der Waals surface area contributed by atoms with Crippen LogP contribution in [-0.2, 0) is 0 Å². The van der Waals surface area contributed by atoms with E-state index < -0.39 is 0 Å². The van der Waals surface area contributed by atoms with Gasteiger partial charge in [0, 0.05) is 17.4 Å². The summed E-state index contributed by atoms with van der Waals surface area (Å²) in [4.78, 5) is 16.4. The second-order valence-corrected chi connectivity index (χ2v) is 5.10. The fourth-order valence-corrected chi connectivity index (χ4v) is 2.43. The number of benzene rings is 1. The third-order valence-electron chi connectivity index (χ3n) is 3.32. The second kappa shape index (κ2) is 4.76. The van der Waals surface area contributed by atoms with Gasteiger partial charge in [-0.1, -0.05) is 11.6 Å². The SMILES string of the molecule is Cc1cc2c(c(C)c1Cl)C(=O)/C(=C/c1ccncc1)O2. The van der Waals surface area contributed by atoms with E-state index >= 15 is 0 Å². The molecular weight excluding hydrogens is 274 g/mol. The Balaban J connectivity index is 2.08. The summed E-state index contributed by atoms with van der Waals surface area (Å²) in [5, 5.41) is 0.617. The van der Waals surface area contributed by atoms with Crippen molar-refractivity contribution in [2.45, 2.75) is 13.8 Å². The van der Waals surface area contributed by atoms with E-state index in [-0.39, 0.29) is 5.78 Å². The Morgan fingerprint density at radius 1 is 1.25 bits per heavy atom. The van der Waals surface area contributed by atoms with Crippen molar-refractivity contribution >= 4 is 23.5 Å². The number of rotatable bonds is 1. The third-order valence-corrected chi connectivity index (χ3v) is 3.90. The zero-order valence-electron chi connectivity index (χ0n) is 11.1. The molecule has 0 unspecified atom stereocenters. The van der Waals surface area contributed by atoms with Crippen molar-refractivity contribution in [3.63, 3.8) is 0 Å². The summed E-state index contributed by atoms with van der Waals surface area (Å²) in [5.41, 5.74) is 3.10. The second-order valence-electron chi connectivity index (χ2n) is 4.73. The van der Waals surface area contributed by atoms with E-state index in [0.717, 1.165) is 16.7 Å². The lowest BCUT2D eigenvalue weighted by atomic mass is 10.0. The molecule has 1 aliphatic rings. The van der Waals surface area contributed by atoms with Gasteiger partial charge in [-0.25, -0.2) is 0 Å². The number of hydrogen-bond donors (Lipinski definition) is 0. The molecule has 0 fully saturated rings. The van der Waals surface area contributed by atoms with Crippen LogP contribution in [-0.4, -0.2) is 10.8 Å². The predicted molar refractivity (Wildman–Crippen MR) is 78.1 cm³/mol. The minimum Gasteiger partial charge on any atom is -0.452 e. The molecule has 1 aliphatic heterocycles. The molecule has 0 aliphatic carbocycles. The molecule has 0 radical (unpaired) electrons. The Morgan fingerprint density at radius 2 is 1.95 bits per heavy atom. The van der Waals surface area contributed by atoms with Gasteiger partial charge >= 0.3 is 0 Å². The fraction of sp³-hybridized carbons (Fsp3) is 0.125. The van der Waals surface area contributed by atoms with Crippen LogP contribution >= 0.6 is 11.6 Å². The lowest BCUT2D eigenvalue weighted by molar-refractivity contribution is 0.101. The molecule has 0 N–H and O–H groups in total. The number of nitrogens with zero attached hydrogens (tertiary/aromatic N) is 1. The molecule has 0 saturated heterocycles. The quantitative estimate of drug-likeness (QED) is 0.744. The highest BCUT2D eigenvalue weighted by Gasteiger charge is 2.30. The molecule has 1 aromatic heterocycles. The van der Waals surface area contributed by atoms with Crippen LogP contribution in [0.5, 0.6) is 5.75 Å². The summed E-state index contributed by atoms with van der Waals surface area (Å²) >= 11 is 6.20. The molecule has 100 valence electrons. The molecule has 0 amide bonds. The monoisotopic (exact) mass is 285 g/mol. The average molecular weight is 286 g/mol. The van der Waals surface area contributed by atoms with Crippen LogP contribution in [0.15, 0.2) is 36.4 Å². The van der Waals surface area contributed by atoms with Crippen molar-refractivity contribution in [2.75, 3.05) is 0 Å². The molecule has 0 spiro atoms. The number of pyridine rings is 1. The molecule has 4 heteroatoms. The van der Waals surface area contributed by atoms with E-state index in [0.29, 0.717) is 22.1 Å². The van der Waals surface area contributed by atoms with Gasteiger partial charge < -0.3 is 4.74 Å². The van der Waals surface area contributed by atoms with E-state index in [4.69, 9.17) is 16.3 Å². The van der Waals surface area contributed by atoms with Crippen LogP contribution in [0.4, 0.5) is 0 Å². The van der Waals surface area contributed by atoms with Crippen molar-refractivity contribution in [2.24, 2.45) is 0 Å². The molecule has 2 aromatic rings. The lowest BCUT2D eigenvalue weighted by Crippen LogP contribution is -2.00. The smallest absolute Gasteiger partial charge is 0.232 e. The number of aromatic nitrogens is 1. The molecule has 3 rings (SSSR count). The predicted octanol–water partition coefficient (Wildman–Crippen LogP) is 3.97. The number of Topliss-reactive ketones (excluding diaryl/α,β-unsaturated/α-hetero) is 1. The summed E-state index contributed by atoms with van der Waals surface area (Å²) in [5.74, 6) is 0.766. The molecule has 3 nitrogen and oxygen atoms in total. The first-order valence-corrected chi connectivity index (χ1v) is 6.59. The van der Waals surface area contributed by atoms with E-state index in [1.807, 2.05) is 26.0 Å². The molecule has 0 atom stereocenters. The summed E-state index contributed by atoms with van der Waals surface area (Å²) in [6.45, 7) is 3.73. The molecular formula is C16H12ClNO2. The number of carbonyl (C=O) groups is 1. The maximum absolute atomic E-state index is 12.4. The van der Waals surface area contributed by atoms with Gasteiger partial charge in [0.15, 0.2) is 5.76 Å². The number of carbonyl (C=O) groups excluding carboxylic acids is 1. The molecule has 0 saturated carbocycles. The topological polar surface area (TPSA) is 39.2 Å². The van der Waals surface area contributed by atoms with Crippen LogP contribution in [0.3, 0.4) is 0 Å². The molecule has 2 heterocycles. The zero-order chi connectivity index (χ0) is 14.3. The number of aryl methyl sites for hydroxylation is 1. The van der Waals surface area contributed by atoms with Crippen LogP contribution in [0.1, 0.15) is 27.0 Å². The molecule has 0 bridgehead atoms. The van der Waals surface area contributed by atoms with Crippen LogP contribution < -0.4 is 4.74 Å². The van der Waals surface area contributed by atoms with Crippen molar-refractivity contribution in [3.8, 4) is 5.75 Å². The number of allylic oxidation sites excluding steroid dienone is 1. The maximum Gasteiger partial charge on any atom is 0.232 e. The zero-order valence-corrected chi connectivity index (χ0v) is 11.9. The van der Waals surface area contributed by atoms with E-state index in [1.54, 1.807) is 24.5 Å². The first-order valence-electron chi connectivity index (χ1n) is 6.22. The van der Waals surface area contributed by atoms with Gasteiger partial charge in [-0.15, -0.1) is 0 Å². The van der Waals surface area contributed by atoms with Crippen LogP contribution in [0, 0.1) is 13.8 Å². The van der Waals surface area contributed by atoms with Gasteiger partial charge in [0.1, 0.15) is 5.75 Å². The number of fused-ring (bicyclic) bond motifs is 1. The Labute approximate surface area is 121 Å². The average Bonchev–Trinajstić information content (AvgIpc) is 2.74. The molecule has 1 aromatic carbocycles. The summed E-state index contributed by atoms with van der Waals surface area (Å²) in [6, 6.07) is 5.44. The van der Waals surface area contributed by atoms with Crippen molar-refractivity contribution in [1.29, 1.82) is 0 Å². The summed E-state index contributed by atoms with van der Waals surface area (Å²) in [6.07, 6.45) is 5.06. The number of ketones is 1. The first kappa shape index (κ1) is 12.9. The maximum atomic E-state index is 12.4. The largest absolute Gasteiger partial charge is 0.452 e. The minimum absolute atomic E-state index is 0.129. The Kier molecular flexibility index (Phi) is 3.07. The highest BCUT2D eigenvalue weighted by molar-refractivity contribution is 6.33. The van der Waals surface area contributed by atoms with Crippen LogP contribution in [0.25, 0.3) is 6.08 Å². The van der Waals surface area contributed by atoms with E-state index in [2.05, 4.69) is 4.98 Å². The Morgan fingerprint density at radius 3 is 2.65 bits per heavy atom. The lowest BCUT2D eigenvalue weighted by Gasteiger charge is -2.05. The van der Waals surface area contributed by atoms with Crippen LogP contribution in [0.2, 0.25) is 5.02 Å². The summed E-state index contributed by atoms with van der Waals surface area (Å²) in [7, 11) is 0. The van der Waals surface area contributed by atoms with Crippen molar-refractivity contribution in [1.82, 2.24) is 4.98 Å². The van der Waals surface area contributed by atoms with E-state index in [9.17, 15) is 4.79 Å². The standard InChI is InChI=1S/C16H12ClNO2/c1-9-7-12-14(10(2)15(9)17)16(19)13(20-12)8-11-3-5-18-6-4-11/h3-8H,1-2H3/b13-8-. The van der Waals surface area contributed by atoms with Crippen molar-refractivity contribution < 1.29 is 9.53 Å². The summed E-state index contributed by atoms with van der Waals surface area (Å²) < 4.78 is 5.67. The number of halogens is 1.